The zero-order valence-corrected chi connectivity index (χ0v) is 16.1. The van der Waals surface area contributed by atoms with Gasteiger partial charge in [0.1, 0.15) is 11.6 Å². The molecular weight excluding hydrogens is 342 g/mol. The van der Waals surface area contributed by atoms with Crippen LogP contribution in [0.15, 0.2) is 11.0 Å². The van der Waals surface area contributed by atoms with Gasteiger partial charge in [0.2, 0.25) is 0 Å². The van der Waals surface area contributed by atoms with Gasteiger partial charge in [0.05, 0.1) is 18.5 Å². The normalized spacial score (nSPS) is 27.4. The van der Waals surface area contributed by atoms with Crippen LogP contribution in [0.1, 0.15) is 47.0 Å². The van der Waals surface area contributed by atoms with Crippen molar-refractivity contribution in [3.8, 4) is 0 Å². The molecule has 3 rings (SSSR count). The minimum atomic E-state index is -0.493. The number of rotatable bonds is 4. The van der Waals surface area contributed by atoms with Crippen molar-refractivity contribution < 1.29 is 9.53 Å². The molecule has 1 aliphatic heterocycles. The topological polar surface area (TPSA) is 64.4 Å². The lowest BCUT2D eigenvalue weighted by Crippen LogP contribution is -2.36. The van der Waals surface area contributed by atoms with Crippen LogP contribution in [0.25, 0.3) is 0 Å². The molecule has 1 aromatic rings. The Morgan fingerprint density at radius 3 is 2.80 bits per heavy atom. The molecule has 1 saturated heterocycles. The second kappa shape index (κ2) is 6.31. The molecule has 2 fully saturated rings. The standard InChI is InChI=1S/C18H26ClN3O3/c1-5-25-14(23)9-22-16(24)15(19)13(8-20-22)21-11-18(4)7-12(21)6-17(2,3)10-18/h8,12H,5-7,9-11H2,1-4H3. The van der Waals surface area contributed by atoms with Crippen molar-refractivity contribution in [2.24, 2.45) is 10.8 Å². The molecule has 0 spiro atoms. The summed E-state index contributed by atoms with van der Waals surface area (Å²) in [4.78, 5) is 26.4. The maximum absolute atomic E-state index is 12.5. The van der Waals surface area contributed by atoms with E-state index in [9.17, 15) is 9.59 Å². The number of carbonyl (C=O) groups excluding carboxylic acids is 1. The SMILES string of the molecule is CCOC(=O)Cn1ncc(N2CC3(C)CC2CC(C)(C)C3)c(Cl)c1=O. The first-order valence-corrected chi connectivity index (χ1v) is 9.20. The average Bonchev–Trinajstić information content (AvgIpc) is 2.73. The van der Waals surface area contributed by atoms with Crippen LogP contribution < -0.4 is 10.5 Å². The molecule has 2 unspecified atom stereocenters. The zero-order chi connectivity index (χ0) is 18.4. The summed E-state index contributed by atoms with van der Waals surface area (Å²) < 4.78 is 5.94. The van der Waals surface area contributed by atoms with Gasteiger partial charge in [-0.15, -0.1) is 0 Å². The van der Waals surface area contributed by atoms with E-state index in [1.54, 1.807) is 13.1 Å². The van der Waals surface area contributed by atoms with Crippen LogP contribution in [-0.4, -0.2) is 34.9 Å². The summed E-state index contributed by atoms with van der Waals surface area (Å²) in [5, 5.41) is 4.29. The Balaban J connectivity index is 1.88. The van der Waals surface area contributed by atoms with E-state index in [-0.39, 0.29) is 29.0 Å². The van der Waals surface area contributed by atoms with Crippen molar-refractivity contribution in [3.63, 3.8) is 0 Å². The molecule has 2 atom stereocenters. The summed E-state index contributed by atoms with van der Waals surface area (Å²) in [5.74, 6) is -0.493. The molecule has 0 aromatic carbocycles. The molecular formula is C18H26ClN3O3. The molecule has 25 heavy (non-hydrogen) atoms. The van der Waals surface area contributed by atoms with E-state index in [1.807, 2.05) is 0 Å². The van der Waals surface area contributed by atoms with E-state index in [4.69, 9.17) is 16.3 Å². The van der Waals surface area contributed by atoms with E-state index < -0.39 is 11.5 Å². The van der Waals surface area contributed by atoms with Crippen LogP contribution in [0, 0.1) is 10.8 Å². The number of nitrogens with zero attached hydrogens (tertiary/aromatic N) is 3. The van der Waals surface area contributed by atoms with E-state index in [0.717, 1.165) is 30.5 Å². The number of fused-ring (bicyclic) bond motifs is 2. The molecule has 138 valence electrons. The number of anilines is 1. The van der Waals surface area contributed by atoms with Crippen LogP contribution in [0.3, 0.4) is 0 Å². The highest BCUT2D eigenvalue weighted by atomic mass is 35.5. The highest BCUT2D eigenvalue weighted by molar-refractivity contribution is 6.33. The van der Waals surface area contributed by atoms with Crippen molar-refractivity contribution >= 4 is 23.3 Å². The fraction of sp³-hybridized carbons (Fsp3) is 0.722. The molecule has 0 radical (unpaired) electrons. The number of hydrogen-bond donors (Lipinski definition) is 0. The number of ether oxygens (including phenoxy) is 1. The maximum Gasteiger partial charge on any atom is 0.327 e. The Morgan fingerprint density at radius 2 is 2.12 bits per heavy atom. The highest BCUT2D eigenvalue weighted by Gasteiger charge is 2.50. The summed E-state index contributed by atoms with van der Waals surface area (Å²) in [5.41, 5.74) is 0.747. The third kappa shape index (κ3) is 3.54. The summed E-state index contributed by atoms with van der Waals surface area (Å²) >= 11 is 6.38. The van der Waals surface area contributed by atoms with Crippen molar-refractivity contribution in [2.75, 3.05) is 18.1 Å². The van der Waals surface area contributed by atoms with E-state index >= 15 is 0 Å². The Morgan fingerprint density at radius 1 is 1.40 bits per heavy atom. The molecule has 7 heteroatoms. The molecule has 1 aromatic heterocycles. The third-order valence-electron chi connectivity index (χ3n) is 5.27. The van der Waals surface area contributed by atoms with Crippen LogP contribution in [0.4, 0.5) is 5.69 Å². The summed E-state index contributed by atoms with van der Waals surface area (Å²) in [6, 6.07) is 0.369. The van der Waals surface area contributed by atoms with Gasteiger partial charge in [0.15, 0.2) is 0 Å². The fourth-order valence-electron chi connectivity index (χ4n) is 4.84. The van der Waals surface area contributed by atoms with Gasteiger partial charge in [-0.1, -0.05) is 32.4 Å². The van der Waals surface area contributed by atoms with Gasteiger partial charge in [0, 0.05) is 12.6 Å². The molecule has 2 heterocycles. The number of halogens is 1. The lowest BCUT2D eigenvalue weighted by atomic mass is 9.65. The van der Waals surface area contributed by atoms with Gasteiger partial charge in [-0.05, 0) is 37.0 Å². The van der Waals surface area contributed by atoms with Gasteiger partial charge < -0.3 is 9.64 Å². The minimum Gasteiger partial charge on any atom is -0.465 e. The largest absolute Gasteiger partial charge is 0.465 e. The summed E-state index contributed by atoms with van der Waals surface area (Å²) in [6.45, 7) is 9.56. The Kier molecular flexibility index (Phi) is 4.60. The van der Waals surface area contributed by atoms with Gasteiger partial charge >= 0.3 is 5.97 Å². The number of esters is 1. The van der Waals surface area contributed by atoms with Crippen LogP contribution >= 0.6 is 11.6 Å². The number of carbonyl (C=O) groups is 1. The first-order valence-electron chi connectivity index (χ1n) is 8.82. The number of hydrogen-bond acceptors (Lipinski definition) is 5. The van der Waals surface area contributed by atoms with Crippen molar-refractivity contribution in [1.82, 2.24) is 9.78 Å². The van der Waals surface area contributed by atoms with Gasteiger partial charge in [0.25, 0.3) is 5.56 Å². The van der Waals surface area contributed by atoms with Gasteiger partial charge in [-0.2, -0.15) is 5.10 Å². The first-order chi connectivity index (χ1) is 11.6. The van der Waals surface area contributed by atoms with Crippen LogP contribution in [0.2, 0.25) is 5.02 Å². The smallest absolute Gasteiger partial charge is 0.327 e. The quantitative estimate of drug-likeness (QED) is 0.765. The Bertz CT molecular complexity index is 746. The van der Waals surface area contributed by atoms with Crippen molar-refractivity contribution in [3.05, 3.63) is 21.6 Å². The first kappa shape index (κ1) is 18.2. The third-order valence-corrected chi connectivity index (χ3v) is 5.63. The molecule has 1 aliphatic carbocycles. The average molecular weight is 368 g/mol. The summed E-state index contributed by atoms with van der Waals surface area (Å²) in [6.07, 6.45) is 4.96. The molecule has 6 nitrogen and oxygen atoms in total. The van der Waals surface area contributed by atoms with E-state index in [1.165, 1.54) is 0 Å². The fourth-order valence-corrected chi connectivity index (χ4v) is 5.09. The molecule has 2 aliphatic rings. The Hall–Kier alpha value is -1.56. The van der Waals surface area contributed by atoms with E-state index in [0.29, 0.717) is 11.7 Å². The second-order valence-corrected chi connectivity index (χ2v) is 8.83. The predicted molar refractivity (Wildman–Crippen MR) is 97.0 cm³/mol. The van der Waals surface area contributed by atoms with Crippen LogP contribution in [0.5, 0.6) is 0 Å². The molecule has 0 N–H and O–H groups in total. The van der Waals surface area contributed by atoms with Crippen LogP contribution in [-0.2, 0) is 16.1 Å². The number of aromatic nitrogens is 2. The van der Waals surface area contributed by atoms with Crippen molar-refractivity contribution in [2.45, 2.75) is 59.5 Å². The van der Waals surface area contributed by atoms with Crippen molar-refractivity contribution in [1.29, 1.82) is 0 Å². The predicted octanol–water partition coefficient (Wildman–Crippen LogP) is 2.86. The van der Waals surface area contributed by atoms with Gasteiger partial charge in [-0.25, -0.2) is 4.68 Å². The molecule has 0 amide bonds. The zero-order valence-electron chi connectivity index (χ0n) is 15.3. The second-order valence-electron chi connectivity index (χ2n) is 8.45. The van der Waals surface area contributed by atoms with E-state index in [2.05, 4.69) is 30.8 Å². The lowest BCUT2D eigenvalue weighted by Gasteiger charge is -2.39. The van der Waals surface area contributed by atoms with Gasteiger partial charge in [-0.3, -0.25) is 9.59 Å². The molecule has 1 saturated carbocycles. The Labute approximate surface area is 153 Å². The summed E-state index contributed by atoms with van der Waals surface area (Å²) in [7, 11) is 0. The lowest BCUT2D eigenvalue weighted by molar-refractivity contribution is -0.144. The molecule has 2 bridgehead atoms. The maximum atomic E-state index is 12.5. The monoisotopic (exact) mass is 367 g/mol. The highest BCUT2D eigenvalue weighted by Crippen LogP contribution is 2.53. The minimum absolute atomic E-state index is 0.133.